The highest BCUT2D eigenvalue weighted by molar-refractivity contribution is 9.11. The molecule has 2 rings (SSSR count). The van der Waals surface area contributed by atoms with E-state index < -0.39 is 0 Å². The zero-order valence-corrected chi connectivity index (χ0v) is 10.7. The van der Waals surface area contributed by atoms with E-state index in [2.05, 4.69) is 45.3 Å². The molecule has 4 heteroatoms. The number of hydrogen-bond donors (Lipinski definition) is 1. The summed E-state index contributed by atoms with van der Waals surface area (Å²) in [4.78, 5) is 5.40. The summed E-state index contributed by atoms with van der Waals surface area (Å²) >= 11 is 5.20. The zero-order valence-electron chi connectivity index (χ0n) is 8.33. The van der Waals surface area contributed by atoms with Crippen LogP contribution in [0.2, 0.25) is 0 Å². The normalized spacial score (nSPS) is 10.3. The summed E-state index contributed by atoms with van der Waals surface area (Å²) in [6.07, 6.45) is 3.67. The number of aryl methyl sites for hydroxylation is 1. The monoisotopic (exact) mass is 282 g/mol. The van der Waals surface area contributed by atoms with Crippen LogP contribution in [0.1, 0.15) is 10.4 Å². The van der Waals surface area contributed by atoms with Gasteiger partial charge in [-0.3, -0.25) is 4.98 Å². The number of thiophene rings is 1. The molecule has 0 aliphatic heterocycles. The van der Waals surface area contributed by atoms with Crippen LogP contribution >= 0.6 is 27.3 Å². The first kappa shape index (κ1) is 10.6. The average molecular weight is 283 g/mol. The number of hydrogen-bond acceptors (Lipinski definition) is 3. The van der Waals surface area contributed by atoms with Crippen LogP contribution in [0.5, 0.6) is 0 Å². The second-order valence-corrected chi connectivity index (χ2v) is 5.80. The van der Waals surface area contributed by atoms with Crippen LogP contribution < -0.4 is 5.32 Å². The lowest BCUT2D eigenvalue weighted by atomic mass is 10.2. The Bertz CT molecular complexity index is 453. The molecular weight excluding hydrogens is 272 g/mol. The first-order chi connectivity index (χ1) is 7.25. The van der Waals surface area contributed by atoms with Crippen LogP contribution in [0.4, 0.5) is 5.69 Å². The summed E-state index contributed by atoms with van der Waals surface area (Å²) in [5.74, 6) is 0. The van der Waals surface area contributed by atoms with Crippen LogP contribution in [0, 0.1) is 6.92 Å². The third-order valence-electron chi connectivity index (χ3n) is 2.12. The zero-order chi connectivity index (χ0) is 10.7. The van der Waals surface area contributed by atoms with Crippen LogP contribution in [0.25, 0.3) is 0 Å². The van der Waals surface area contributed by atoms with E-state index in [0.717, 1.165) is 12.2 Å². The van der Waals surface area contributed by atoms with E-state index in [1.807, 2.05) is 18.5 Å². The van der Waals surface area contributed by atoms with Crippen molar-refractivity contribution in [2.24, 2.45) is 0 Å². The molecule has 2 heterocycles. The van der Waals surface area contributed by atoms with Crippen molar-refractivity contribution in [3.63, 3.8) is 0 Å². The van der Waals surface area contributed by atoms with Crippen molar-refractivity contribution < 1.29 is 0 Å². The van der Waals surface area contributed by atoms with Crippen molar-refractivity contribution in [2.75, 3.05) is 5.32 Å². The van der Waals surface area contributed by atoms with Crippen LogP contribution in [-0.2, 0) is 6.54 Å². The maximum atomic E-state index is 4.09. The van der Waals surface area contributed by atoms with Gasteiger partial charge < -0.3 is 5.32 Å². The number of nitrogens with one attached hydrogen (secondary N) is 1. The third-order valence-corrected chi connectivity index (χ3v) is 3.74. The molecule has 78 valence electrons. The molecule has 1 N–H and O–H groups in total. The highest BCUT2D eigenvalue weighted by atomic mass is 79.9. The summed E-state index contributed by atoms with van der Waals surface area (Å²) in [6.45, 7) is 2.93. The summed E-state index contributed by atoms with van der Waals surface area (Å²) < 4.78 is 1.17. The van der Waals surface area contributed by atoms with Crippen molar-refractivity contribution in [1.29, 1.82) is 0 Å². The van der Waals surface area contributed by atoms with Crippen molar-refractivity contribution >= 4 is 33.0 Å². The number of halogens is 1. The fourth-order valence-electron chi connectivity index (χ4n) is 1.28. The summed E-state index contributed by atoms with van der Waals surface area (Å²) in [5.41, 5.74) is 2.32. The fraction of sp³-hybridized carbons (Fsp3) is 0.182. The van der Waals surface area contributed by atoms with E-state index in [1.165, 1.54) is 14.2 Å². The molecule has 0 radical (unpaired) electrons. The van der Waals surface area contributed by atoms with Gasteiger partial charge in [0.1, 0.15) is 0 Å². The third kappa shape index (κ3) is 2.79. The first-order valence-electron chi connectivity index (χ1n) is 4.64. The lowest BCUT2D eigenvalue weighted by Gasteiger charge is -2.06. The molecule has 2 nitrogen and oxygen atoms in total. The second kappa shape index (κ2) is 4.77. The van der Waals surface area contributed by atoms with E-state index >= 15 is 0 Å². The highest BCUT2D eigenvalue weighted by Crippen LogP contribution is 2.23. The number of aromatic nitrogens is 1. The van der Waals surface area contributed by atoms with Gasteiger partial charge in [-0.2, -0.15) is 0 Å². The van der Waals surface area contributed by atoms with Crippen LogP contribution in [-0.4, -0.2) is 4.98 Å². The largest absolute Gasteiger partial charge is 0.379 e. The Hall–Kier alpha value is -0.870. The Kier molecular flexibility index (Phi) is 3.38. The van der Waals surface area contributed by atoms with Gasteiger partial charge in [0.25, 0.3) is 0 Å². The number of nitrogens with zero attached hydrogens (tertiary/aromatic N) is 1. The highest BCUT2D eigenvalue weighted by Gasteiger charge is 1.99. The molecule has 0 atom stereocenters. The van der Waals surface area contributed by atoms with Crippen LogP contribution in [0.15, 0.2) is 34.4 Å². The average Bonchev–Trinajstić information content (AvgIpc) is 2.63. The number of rotatable bonds is 3. The van der Waals surface area contributed by atoms with Crippen molar-refractivity contribution in [3.8, 4) is 0 Å². The topological polar surface area (TPSA) is 24.9 Å². The minimum absolute atomic E-state index is 0.850. The van der Waals surface area contributed by atoms with Gasteiger partial charge in [0, 0.05) is 17.6 Å². The van der Waals surface area contributed by atoms with Gasteiger partial charge in [-0.05, 0) is 46.6 Å². The van der Waals surface area contributed by atoms with Gasteiger partial charge in [0.15, 0.2) is 0 Å². The maximum absolute atomic E-state index is 4.09. The molecule has 0 fully saturated rings. The fourth-order valence-corrected chi connectivity index (χ4v) is 2.70. The van der Waals surface area contributed by atoms with Crippen molar-refractivity contribution in [1.82, 2.24) is 4.98 Å². The Morgan fingerprint density at radius 3 is 2.93 bits per heavy atom. The lowest BCUT2D eigenvalue weighted by Crippen LogP contribution is -1.99. The van der Waals surface area contributed by atoms with Crippen molar-refractivity contribution in [2.45, 2.75) is 13.5 Å². The molecule has 0 amide bonds. The molecule has 0 bridgehead atoms. The summed E-state index contributed by atoms with van der Waals surface area (Å²) in [7, 11) is 0. The molecule has 0 aliphatic rings. The predicted octanol–water partition coefficient (Wildman–Crippen LogP) is 3.83. The van der Waals surface area contributed by atoms with E-state index in [-0.39, 0.29) is 0 Å². The molecule has 0 saturated carbocycles. The lowest BCUT2D eigenvalue weighted by molar-refractivity contribution is 1.16. The molecule has 0 aliphatic carbocycles. The quantitative estimate of drug-likeness (QED) is 0.926. The standard InChI is InChI=1S/C11H11BrN2S/c1-8-4-5-13-7-10(8)14-6-9-2-3-11(12)15-9/h2-5,7,14H,6H2,1H3. The maximum Gasteiger partial charge on any atom is 0.0702 e. The minimum atomic E-state index is 0.850. The van der Waals surface area contributed by atoms with Gasteiger partial charge in [-0.25, -0.2) is 0 Å². The smallest absolute Gasteiger partial charge is 0.0702 e. The molecule has 0 saturated heterocycles. The van der Waals surface area contributed by atoms with Gasteiger partial charge in [-0.15, -0.1) is 11.3 Å². The molecule has 0 spiro atoms. The number of anilines is 1. The Morgan fingerprint density at radius 2 is 2.27 bits per heavy atom. The molecular formula is C11H11BrN2S. The van der Waals surface area contributed by atoms with E-state index in [1.54, 1.807) is 11.3 Å². The number of pyridine rings is 1. The van der Waals surface area contributed by atoms with Crippen LogP contribution in [0.3, 0.4) is 0 Å². The van der Waals surface area contributed by atoms with E-state index in [4.69, 9.17) is 0 Å². The summed E-state index contributed by atoms with van der Waals surface area (Å²) in [5, 5.41) is 3.37. The first-order valence-corrected chi connectivity index (χ1v) is 6.25. The molecule has 2 aromatic heterocycles. The van der Waals surface area contributed by atoms with Gasteiger partial charge >= 0.3 is 0 Å². The minimum Gasteiger partial charge on any atom is -0.379 e. The molecule has 15 heavy (non-hydrogen) atoms. The molecule has 0 aromatic carbocycles. The van der Waals surface area contributed by atoms with Gasteiger partial charge in [0.2, 0.25) is 0 Å². The predicted molar refractivity (Wildman–Crippen MR) is 68.3 cm³/mol. The molecule has 2 aromatic rings. The Morgan fingerprint density at radius 1 is 1.40 bits per heavy atom. The molecule has 0 unspecified atom stereocenters. The van der Waals surface area contributed by atoms with E-state index in [9.17, 15) is 0 Å². The van der Waals surface area contributed by atoms with Crippen molar-refractivity contribution in [3.05, 3.63) is 44.8 Å². The SMILES string of the molecule is Cc1ccncc1NCc1ccc(Br)s1. The summed E-state index contributed by atoms with van der Waals surface area (Å²) in [6, 6.07) is 6.19. The second-order valence-electron chi connectivity index (χ2n) is 3.25. The van der Waals surface area contributed by atoms with E-state index in [0.29, 0.717) is 0 Å². The van der Waals surface area contributed by atoms with Gasteiger partial charge in [0.05, 0.1) is 15.7 Å². The Balaban J connectivity index is 2.02. The van der Waals surface area contributed by atoms with Gasteiger partial charge in [-0.1, -0.05) is 0 Å². The Labute approximate surface area is 101 Å².